The number of ether oxygens (including phenoxy) is 2. The van der Waals surface area contributed by atoms with Crippen LogP contribution in [0.5, 0.6) is 5.75 Å². The zero-order chi connectivity index (χ0) is 15.1. The molecule has 2 N–H and O–H groups in total. The molecule has 0 saturated heterocycles. The Kier molecular flexibility index (Phi) is 6.27. The van der Waals surface area contributed by atoms with Gasteiger partial charge in [0.1, 0.15) is 18.4 Å². The van der Waals surface area contributed by atoms with Crippen molar-refractivity contribution in [2.24, 2.45) is 0 Å². The standard InChI is InChI=1S/C13H16ClNO5/c1-8(13(17)18)15-12(16)10-7-9(14)3-4-11(10)20-6-5-19-2/h3-4,7-8H,5-6H2,1-2H3,(H,15,16)(H,17,18). The van der Waals surface area contributed by atoms with Gasteiger partial charge in [0.15, 0.2) is 0 Å². The summed E-state index contributed by atoms with van der Waals surface area (Å²) in [5.41, 5.74) is 0.182. The third-order valence-corrected chi connectivity index (χ3v) is 2.68. The number of carbonyl (C=O) groups excluding carboxylic acids is 1. The maximum absolute atomic E-state index is 12.0. The minimum absolute atomic E-state index is 0.182. The molecule has 0 bridgehead atoms. The van der Waals surface area contributed by atoms with Crippen LogP contribution in [0.3, 0.4) is 0 Å². The number of aliphatic carboxylic acids is 1. The lowest BCUT2D eigenvalue weighted by Gasteiger charge is -2.13. The summed E-state index contributed by atoms with van der Waals surface area (Å²) in [5, 5.41) is 11.5. The van der Waals surface area contributed by atoms with Crippen molar-refractivity contribution >= 4 is 23.5 Å². The number of methoxy groups -OCH3 is 1. The van der Waals surface area contributed by atoms with Gasteiger partial charge in [-0.1, -0.05) is 11.6 Å². The lowest BCUT2D eigenvalue weighted by atomic mass is 10.1. The highest BCUT2D eigenvalue weighted by atomic mass is 35.5. The number of amides is 1. The van der Waals surface area contributed by atoms with Crippen molar-refractivity contribution in [3.05, 3.63) is 28.8 Å². The fraction of sp³-hybridized carbons (Fsp3) is 0.385. The van der Waals surface area contributed by atoms with Crippen LogP contribution in [0.25, 0.3) is 0 Å². The fourth-order valence-electron chi connectivity index (χ4n) is 1.38. The second-order valence-electron chi connectivity index (χ2n) is 4.02. The zero-order valence-electron chi connectivity index (χ0n) is 11.2. The average Bonchev–Trinajstić information content (AvgIpc) is 2.40. The first-order chi connectivity index (χ1) is 9.45. The smallest absolute Gasteiger partial charge is 0.325 e. The van der Waals surface area contributed by atoms with Crippen LogP contribution in [0.1, 0.15) is 17.3 Å². The molecule has 1 amide bonds. The van der Waals surface area contributed by atoms with E-state index < -0.39 is 17.9 Å². The molecule has 1 aromatic carbocycles. The summed E-state index contributed by atoms with van der Waals surface area (Å²) in [5.74, 6) is -1.36. The Morgan fingerprint density at radius 2 is 2.10 bits per heavy atom. The van der Waals surface area contributed by atoms with Gasteiger partial charge in [0.2, 0.25) is 0 Å². The molecule has 0 fully saturated rings. The van der Waals surface area contributed by atoms with E-state index >= 15 is 0 Å². The number of rotatable bonds is 7. The molecular weight excluding hydrogens is 286 g/mol. The van der Waals surface area contributed by atoms with Crippen molar-refractivity contribution < 1.29 is 24.2 Å². The molecule has 0 radical (unpaired) electrons. The van der Waals surface area contributed by atoms with Crippen LogP contribution in [-0.2, 0) is 9.53 Å². The molecule has 0 saturated carbocycles. The number of benzene rings is 1. The van der Waals surface area contributed by atoms with Gasteiger partial charge in [-0.15, -0.1) is 0 Å². The molecule has 0 spiro atoms. The summed E-state index contributed by atoms with van der Waals surface area (Å²) >= 11 is 5.84. The van der Waals surface area contributed by atoms with Crippen molar-refractivity contribution in [1.82, 2.24) is 5.32 Å². The molecule has 1 aromatic rings. The molecule has 20 heavy (non-hydrogen) atoms. The molecular formula is C13H16ClNO5. The largest absolute Gasteiger partial charge is 0.490 e. The van der Waals surface area contributed by atoms with Crippen LogP contribution in [-0.4, -0.2) is 43.3 Å². The van der Waals surface area contributed by atoms with E-state index in [2.05, 4.69) is 5.32 Å². The van der Waals surface area contributed by atoms with Crippen LogP contribution in [0, 0.1) is 0 Å². The van der Waals surface area contributed by atoms with Gasteiger partial charge in [0, 0.05) is 12.1 Å². The molecule has 6 nitrogen and oxygen atoms in total. The van der Waals surface area contributed by atoms with Gasteiger partial charge in [0.05, 0.1) is 12.2 Å². The lowest BCUT2D eigenvalue weighted by Crippen LogP contribution is -2.38. The van der Waals surface area contributed by atoms with Crippen LogP contribution >= 0.6 is 11.6 Å². The highest BCUT2D eigenvalue weighted by molar-refractivity contribution is 6.31. The monoisotopic (exact) mass is 301 g/mol. The molecule has 0 aliphatic rings. The third kappa shape index (κ3) is 4.71. The summed E-state index contributed by atoms with van der Waals surface area (Å²) in [7, 11) is 1.54. The van der Waals surface area contributed by atoms with Crippen molar-refractivity contribution in [2.75, 3.05) is 20.3 Å². The van der Waals surface area contributed by atoms with E-state index in [1.807, 2.05) is 0 Å². The number of hydrogen-bond donors (Lipinski definition) is 2. The molecule has 1 rings (SSSR count). The summed E-state index contributed by atoms with van der Waals surface area (Å²) in [6, 6.07) is 3.56. The summed E-state index contributed by atoms with van der Waals surface area (Å²) in [4.78, 5) is 22.8. The number of halogens is 1. The first-order valence-electron chi connectivity index (χ1n) is 5.90. The highest BCUT2D eigenvalue weighted by Crippen LogP contribution is 2.23. The van der Waals surface area contributed by atoms with E-state index in [0.29, 0.717) is 17.4 Å². The normalized spacial score (nSPS) is 11.8. The van der Waals surface area contributed by atoms with Gasteiger partial charge in [0.25, 0.3) is 5.91 Å². The molecule has 0 aromatic heterocycles. The van der Waals surface area contributed by atoms with Crippen molar-refractivity contribution in [1.29, 1.82) is 0 Å². The van der Waals surface area contributed by atoms with Gasteiger partial charge in [-0.3, -0.25) is 9.59 Å². The average molecular weight is 302 g/mol. The molecule has 7 heteroatoms. The van der Waals surface area contributed by atoms with Gasteiger partial charge >= 0.3 is 5.97 Å². The lowest BCUT2D eigenvalue weighted by molar-refractivity contribution is -0.138. The first kappa shape index (κ1) is 16.3. The minimum atomic E-state index is -1.12. The van der Waals surface area contributed by atoms with E-state index in [9.17, 15) is 9.59 Å². The predicted octanol–water partition coefficient (Wildman–Crippen LogP) is 1.57. The molecule has 1 atom stereocenters. The Morgan fingerprint density at radius 1 is 1.40 bits per heavy atom. The quantitative estimate of drug-likeness (QED) is 0.747. The topological polar surface area (TPSA) is 84.9 Å². The number of carbonyl (C=O) groups is 2. The Morgan fingerprint density at radius 3 is 2.70 bits per heavy atom. The van der Waals surface area contributed by atoms with Crippen molar-refractivity contribution in [3.8, 4) is 5.75 Å². The SMILES string of the molecule is COCCOc1ccc(Cl)cc1C(=O)NC(C)C(=O)O. The van der Waals surface area contributed by atoms with E-state index in [1.165, 1.54) is 20.1 Å². The van der Waals surface area contributed by atoms with Crippen LogP contribution < -0.4 is 10.1 Å². The van der Waals surface area contributed by atoms with Gasteiger partial charge in [-0.25, -0.2) is 0 Å². The van der Waals surface area contributed by atoms with E-state index in [1.54, 1.807) is 12.1 Å². The number of hydrogen-bond acceptors (Lipinski definition) is 4. The number of nitrogens with one attached hydrogen (secondary N) is 1. The molecule has 0 heterocycles. The second kappa shape index (κ2) is 7.72. The third-order valence-electron chi connectivity index (χ3n) is 2.45. The molecule has 0 aliphatic carbocycles. The Bertz CT molecular complexity index is 492. The Labute approximate surface area is 121 Å². The van der Waals surface area contributed by atoms with E-state index in [4.69, 9.17) is 26.2 Å². The Balaban J connectivity index is 2.87. The highest BCUT2D eigenvalue weighted by Gasteiger charge is 2.19. The maximum atomic E-state index is 12.0. The minimum Gasteiger partial charge on any atom is -0.490 e. The van der Waals surface area contributed by atoms with Crippen molar-refractivity contribution in [2.45, 2.75) is 13.0 Å². The van der Waals surface area contributed by atoms with Crippen LogP contribution in [0.2, 0.25) is 5.02 Å². The number of carboxylic acid groups (broad SMARTS) is 1. The van der Waals surface area contributed by atoms with Gasteiger partial charge in [-0.2, -0.15) is 0 Å². The number of carboxylic acids is 1. The first-order valence-corrected chi connectivity index (χ1v) is 6.28. The Hall–Kier alpha value is -1.79. The fourth-order valence-corrected chi connectivity index (χ4v) is 1.55. The summed E-state index contributed by atoms with van der Waals surface area (Å²) in [6.07, 6.45) is 0. The van der Waals surface area contributed by atoms with Crippen molar-refractivity contribution in [3.63, 3.8) is 0 Å². The van der Waals surface area contributed by atoms with Crippen LogP contribution in [0.4, 0.5) is 0 Å². The van der Waals surface area contributed by atoms with Gasteiger partial charge < -0.3 is 19.9 Å². The molecule has 1 unspecified atom stereocenters. The maximum Gasteiger partial charge on any atom is 0.325 e. The van der Waals surface area contributed by atoms with Crippen LogP contribution in [0.15, 0.2) is 18.2 Å². The van der Waals surface area contributed by atoms with E-state index in [0.717, 1.165) is 0 Å². The second-order valence-corrected chi connectivity index (χ2v) is 4.45. The zero-order valence-corrected chi connectivity index (χ0v) is 11.9. The van der Waals surface area contributed by atoms with E-state index in [-0.39, 0.29) is 12.2 Å². The molecule has 0 aliphatic heterocycles. The summed E-state index contributed by atoms with van der Waals surface area (Å²) < 4.78 is 10.3. The molecule has 110 valence electrons. The van der Waals surface area contributed by atoms with Gasteiger partial charge in [-0.05, 0) is 25.1 Å². The predicted molar refractivity (Wildman–Crippen MR) is 73.4 cm³/mol. The summed E-state index contributed by atoms with van der Waals surface area (Å²) in [6.45, 7) is 2.01.